The minimum absolute atomic E-state index is 0.0360. The third kappa shape index (κ3) is 7.73. The molecule has 47 heavy (non-hydrogen) atoms. The molecule has 1 aromatic heterocycles. The van der Waals surface area contributed by atoms with Crippen molar-refractivity contribution in [3.05, 3.63) is 84.2 Å². The molecule has 6 rings (SSSR count). The molecule has 0 bridgehead atoms. The summed E-state index contributed by atoms with van der Waals surface area (Å²) in [5.74, 6) is 2.45. The molecular formula is C34H35F3N6O3S. The van der Waals surface area contributed by atoms with E-state index < -0.39 is 6.36 Å². The van der Waals surface area contributed by atoms with Crippen LogP contribution in [0.4, 0.5) is 23.7 Å². The molecule has 2 atom stereocenters. The number of alkyl halides is 3. The number of nitrogens with one attached hydrogen (secondary N) is 1. The first-order chi connectivity index (χ1) is 22.6. The molecule has 2 aliphatic rings. The fourth-order valence-electron chi connectivity index (χ4n) is 6.02. The first-order valence-corrected chi connectivity index (χ1v) is 16.4. The molecule has 2 heterocycles. The molecule has 1 aliphatic carbocycles. The smallest absolute Gasteiger partial charge is 0.497 e. The van der Waals surface area contributed by atoms with Crippen molar-refractivity contribution in [2.75, 3.05) is 24.3 Å². The number of carbonyl (C=O) groups is 1. The maximum Gasteiger partial charge on any atom is 0.573 e. The van der Waals surface area contributed by atoms with Crippen LogP contribution < -0.4 is 19.7 Å². The first-order valence-electron chi connectivity index (χ1n) is 15.4. The van der Waals surface area contributed by atoms with Gasteiger partial charge < -0.3 is 19.7 Å². The van der Waals surface area contributed by atoms with Gasteiger partial charge in [-0.2, -0.15) is 4.99 Å². The molecule has 13 heteroatoms. The Bertz CT molecular complexity index is 1740. The van der Waals surface area contributed by atoms with Crippen LogP contribution >= 0.6 is 11.8 Å². The zero-order chi connectivity index (χ0) is 33.1. The van der Waals surface area contributed by atoms with Gasteiger partial charge in [-0.15, -0.1) is 18.3 Å². The SMILES string of the molecule is COc1ccc(N2CCSC2=NC(=O)NC2CCC(c3ccc(-c4ncn(-c5ccc(OC(F)(F)F)cc5)n4)cc3)C2)c(C(C)C)c1. The molecule has 4 aromatic rings. The van der Waals surface area contributed by atoms with Gasteiger partial charge in [-0.1, -0.05) is 49.9 Å². The van der Waals surface area contributed by atoms with E-state index in [1.54, 1.807) is 18.9 Å². The van der Waals surface area contributed by atoms with Crippen molar-refractivity contribution in [3.8, 4) is 28.6 Å². The van der Waals surface area contributed by atoms with E-state index in [0.717, 1.165) is 54.1 Å². The van der Waals surface area contributed by atoms with Crippen LogP contribution in [0.15, 0.2) is 78.0 Å². The highest BCUT2D eigenvalue weighted by Gasteiger charge is 2.31. The number of hydrogen-bond donors (Lipinski definition) is 1. The summed E-state index contributed by atoms with van der Waals surface area (Å²) in [5.41, 5.74) is 4.76. The van der Waals surface area contributed by atoms with E-state index in [2.05, 4.69) is 62.1 Å². The molecule has 1 saturated heterocycles. The second-order valence-electron chi connectivity index (χ2n) is 11.8. The van der Waals surface area contributed by atoms with Gasteiger partial charge in [-0.05, 0) is 84.7 Å². The number of carbonyl (C=O) groups excluding carboxylic acids is 1. The normalized spacial score (nSPS) is 19.0. The Morgan fingerprint density at radius 2 is 1.79 bits per heavy atom. The summed E-state index contributed by atoms with van der Waals surface area (Å²) >= 11 is 1.59. The van der Waals surface area contributed by atoms with Crippen molar-refractivity contribution in [1.82, 2.24) is 20.1 Å². The fraction of sp³-hybridized carbons (Fsp3) is 0.353. The monoisotopic (exact) mass is 664 g/mol. The average molecular weight is 665 g/mol. The number of aliphatic imine (C=N–C) groups is 1. The van der Waals surface area contributed by atoms with Crippen LogP contribution in [0.3, 0.4) is 0 Å². The quantitative estimate of drug-likeness (QED) is 0.205. The maximum absolute atomic E-state index is 13.0. The summed E-state index contributed by atoms with van der Waals surface area (Å²) in [6, 6.07) is 19.2. The lowest BCUT2D eigenvalue weighted by atomic mass is 9.96. The van der Waals surface area contributed by atoms with Gasteiger partial charge >= 0.3 is 12.4 Å². The van der Waals surface area contributed by atoms with E-state index in [9.17, 15) is 18.0 Å². The zero-order valence-corrected chi connectivity index (χ0v) is 27.0. The third-order valence-corrected chi connectivity index (χ3v) is 9.31. The molecule has 246 valence electrons. The molecule has 1 N–H and O–H groups in total. The summed E-state index contributed by atoms with van der Waals surface area (Å²) in [5, 5.41) is 8.33. The standard InChI is InChI=1S/C34H35F3N6O3S/c1-21(2)29-19-28(45-3)14-15-30(29)42-16-17-47-33(42)40-32(44)39-25-9-8-24(18-25)22-4-6-23(7-5-22)31-38-20-43(41-31)26-10-12-27(13-11-26)46-34(35,36)37/h4-7,10-15,19-21,24-25H,8-9,16-18H2,1-3H3,(H,39,44). The molecule has 0 radical (unpaired) electrons. The lowest BCUT2D eigenvalue weighted by Gasteiger charge is -2.23. The Kier molecular flexibility index (Phi) is 9.44. The number of nitrogens with zero attached hydrogens (tertiary/aromatic N) is 5. The van der Waals surface area contributed by atoms with Crippen LogP contribution in [0.25, 0.3) is 17.1 Å². The minimum Gasteiger partial charge on any atom is -0.497 e. The number of methoxy groups -OCH3 is 1. The molecule has 1 saturated carbocycles. The second-order valence-corrected chi connectivity index (χ2v) is 12.9. The van der Waals surface area contributed by atoms with E-state index >= 15 is 0 Å². The lowest BCUT2D eigenvalue weighted by molar-refractivity contribution is -0.274. The van der Waals surface area contributed by atoms with Crippen molar-refractivity contribution >= 4 is 28.6 Å². The molecule has 1 aliphatic heterocycles. The average Bonchev–Trinajstić information content (AvgIpc) is 3.82. The number of urea groups is 1. The minimum atomic E-state index is -4.75. The van der Waals surface area contributed by atoms with Crippen molar-refractivity contribution in [2.24, 2.45) is 4.99 Å². The van der Waals surface area contributed by atoms with E-state index in [4.69, 9.17) is 4.74 Å². The number of amidine groups is 1. The van der Waals surface area contributed by atoms with E-state index in [0.29, 0.717) is 22.6 Å². The van der Waals surface area contributed by atoms with E-state index in [1.807, 2.05) is 24.3 Å². The molecule has 2 amide bonds. The summed E-state index contributed by atoms with van der Waals surface area (Å²) in [4.78, 5) is 24.0. The maximum atomic E-state index is 13.0. The lowest BCUT2D eigenvalue weighted by Crippen LogP contribution is -2.33. The van der Waals surface area contributed by atoms with Crippen molar-refractivity contribution in [2.45, 2.75) is 57.3 Å². The van der Waals surface area contributed by atoms with Gasteiger partial charge in [0.25, 0.3) is 0 Å². The molecule has 2 unspecified atom stereocenters. The predicted molar refractivity (Wildman–Crippen MR) is 177 cm³/mol. The van der Waals surface area contributed by atoms with Crippen molar-refractivity contribution in [3.63, 3.8) is 0 Å². The van der Waals surface area contributed by atoms with Crippen molar-refractivity contribution in [1.29, 1.82) is 0 Å². The number of halogens is 3. The van der Waals surface area contributed by atoms with Crippen LogP contribution in [0.2, 0.25) is 0 Å². The summed E-state index contributed by atoms with van der Waals surface area (Å²) in [6.07, 6.45) is -0.589. The van der Waals surface area contributed by atoms with Crippen LogP contribution in [-0.2, 0) is 0 Å². The van der Waals surface area contributed by atoms with E-state index in [1.165, 1.54) is 40.8 Å². The number of rotatable bonds is 8. The summed E-state index contributed by atoms with van der Waals surface area (Å²) < 4.78 is 48.2. The second kappa shape index (κ2) is 13.7. The number of thioether (sulfide) groups is 1. The Balaban J connectivity index is 1.05. The summed E-state index contributed by atoms with van der Waals surface area (Å²) in [6.45, 7) is 5.07. The number of aromatic nitrogens is 3. The van der Waals surface area contributed by atoms with Crippen LogP contribution in [0.5, 0.6) is 11.5 Å². The van der Waals surface area contributed by atoms with Crippen LogP contribution in [0, 0.1) is 0 Å². The largest absolute Gasteiger partial charge is 0.573 e. The van der Waals surface area contributed by atoms with E-state index in [-0.39, 0.29) is 23.7 Å². The van der Waals surface area contributed by atoms with Gasteiger partial charge in [0.1, 0.15) is 17.8 Å². The molecular weight excluding hydrogens is 629 g/mol. The van der Waals surface area contributed by atoms with Gasteiger partial charge in [0.15, 0.2) is 11.0 Å². The molecule has 9 nitrogen and oxygen atoms in total. The van der Waals surface area contributed by atoms with Gasteiger partial charge in [0.05, 0.1) is 12.8 Å². The van der Waals surface area contributed by atoms with Gasteiger partial charge in [0, 0.05) is 29.6 Å². The number of ether oxygens (including phenoxy) is 2. The number of hydrogen-bond acceptors (Lipinski definition) is 6. The van der Waals surface area contributed by atoms with Gasteiger partial charge in [0.2, 0.25) is 0 Å². The van der Waals surface area contributed by atoms with Gasteiger partial charge in [-0.25, -0.2) is 14.5 Å². The number of amides is 2. The Hall–Kier alpha value is -4.52. The Morgan fingerprint density at radius 1 is 1.04 bits per heavy atom. The zero-order valence-electron chi connectivity index (χ0n) is 26.2. The number of anilines is 1. The molecule has 3 aromatic carbocycles. The molecule has 2 fully saturated rings. The Morgan fingerprint density at radius 3 is 2.49 bits per heavy atom. The molecule has 0 spiro atoms. The predicted octanol–water partition coefficient (Wildman–Crippen LogP) is 7.92. The van der Waals surface area contributed by atoms with Crippen LogP contribution in [0.1, 0.15) is 56.1 Å². The topological polar surface area (TPSA) is 93.9 Å². The van der Waals surface area contributed by atoms with Gasteiger partial charge in [-0.3, -0.25) is 0 Å². The third-order valence-electron chi connectivity index (χ3n) is 8.35. The highest BCUT2D eigenvalue weighted by atomic mass is 32.2. The number of benzene rings is 3. The van der Waals surface area contributed by atoms with Crippen LogP contribution in [-0.4, -0.2) is 57.8 Å². The van der Waals surface area contributed by atoms with Crippen molar-refractivity contribution < 1.29 is 27.4 Å². The highest BCUT2D eigenvalue weighted by molar-refractivity contribution is 8.14. The highest BCUT2D eigenvalue weighted by Crippen LogP contribution is 2.37. The summed E-state index contributed by atoms with van der Waals surface area (Å²) in [7, 11) is 1.66. The first kappa shape index (κ1) is 32.4. The Labute approximate surface area is 275 Å². The fourth-order valence-corrected chi connectivity index (χ4v) is 6.97.